The summed E-state index contributed by atoms with van der Waals surface area (Å²) in [5.74, 6) is -0.250. The number of rotatable bonds is 4. The largest absolute Gasteiger partial charge is 0.323 e. The van der Waals surface area contributed by atoms with E-state index >= 15 is 0 Å². The second kappa shape index (κ2) is 6.64. The van der Waals surface area contributed by atoms with Gasteiger partial charge in [0.1, 0.15) is 6.54 Å². The number of likely N-dealkylation sites (N-methyl/N-ethyl adjacent to an activating group) is 1. The van der Waals surface area contributed by atoms with Gasteiger partial charge in [-0.3, -0.25) is 9.59 Å². The minimum absolute atomic E-state index is 0.120. The zero-order chi connectivity index (χ0) is 16.4. The SMILES string of the molecule is C[NH+](Cc1ccccc1)C1CC(=O)N(c2ccc(Br)cc2)C1=O. The molecule has 4 nitrogen and oxygen atoms in total. The highest BCUT2D eigenvalue weighted by molar-refractivity contribution is 9.10. The van der Waals surface area contributed by atoms with Gasteiger partial charge in [0.2, 0.25) is 5.91 Å². The molecule has 2 aromatic rings. The molecular weight excluding hydrogens is 356 g/mol. The Morgan fingerprint density at radius 1 is 1.09 bits per heavy atom. The number of hydrogen-bond donors (Lipinski definition) is 1. The Kier molecular flexibility index (Phi) is 4.59. The molecule has 1 saturated heterocycles. The van der Waals surface area contributed by atoms with Crippen molar-refractivity contribution >= 4 is 33.4 Å². The third kappa shape index (κ3) is 3.35. The Bertz CT molecular complexity index is 716. The zero-order valence-corrected chi connectivity index (χ0v) is 14.4. The summed E-state index contributed by atoms with van der Waals surface area (Å²) in [5, 5.41) is 0. The van der Waals surface area contributed by atoms with Crippen LogP contribution in [0.3, 0.4) is 0 Å². The van der Waals surface area contributed by atoms with Gasteiger partial charge in [0, 0.05) is 10.0 Å². The standard InChI is InChI=1S/C18H17BrN2O2/c1-20(12-13-5-3-2-4-6-13)16-11-17(22)21(18(16)23)15-9-7-14(19)8-10-15/h2-10,16H,11-12H2,1H3/p+1. The number of benzene rings is 2. The molecule has 2 amide bonds. The fourth-order valence-corrected chi connectivity index (χ4v) is 3.18. The molecule has 0 saturated carbocycles. The predicted molar refractivity (Wildman–Crippen MR) is 92.1 cm³/mol. The summed E-state index contributed by atoms with van der Waals surface area (Å²) in [5.41, 5.74) is 1.80. The first-order valence-corrected chi connectivity index (χ1v) is 8.34. The summed E-state index contributed by atoms with van der Waals surface area (Å²) < 4.78 is 0.920. The van der Waals surface area contributed by atoms with Gasteiger partial charge in [0.25, 0.3) is 5.91 Å². The molecule has 0 bridgehead atoms. The van der Waals surface area contributed by atoms with Gasteiger partial charge in [-0.1, -0.05) is 46.3 Å². The van der Waals surface area contributed by atoms with Crippen molar-refractivity contribution in [3.05, 3.63) is 64.6 Å². The van der Waals surface area contributed by atoms with Crippen LogP contribution >= 0.6 is 15.9 Å². The quantitative estimate of drug-likeness (QED) is 0.830. The maximum Gasteiger partial charge on any atom is 0.292 e. The molecule has 2 unspecified atom stereocenters. The molecule has 1 aliphatic rings. The molecule has 1 N–H and O–H groups in total. The lowest BCUT2D eigenvalue weighted by Gasteiger charge is -2.20. The summed E-state index contributed by atoms with van der Waals surface area (Å²) in [6.07, 6.45) is 0.258. The van der Waals surface area contributed by atoms with E-state index in [9.17, 15) is 9.59 Å². The molecule has 2 atom stereocenters. The van der Waals surface area contributed by atoms with E-state index in [1.165, 1.54) is 4.90 Å². The molecule has 0 aliphatic carbocycles. The van der Waals surface area contributed by atoms with Crippen LogP contribution in [0.4, 0.5) is 5.69 Å². The summed E-state index contributed by atoms with van der Waals surface area (Å²) in [6, 6.07) is 16.9. The Morgan fingerprint density at radius 3 is 2.39 bits per heavy atom. The third-order valence-electron chi connectivity index (χ3n) is 4.15. The van der Waals surface area contributed by atoms with E-state index in [0.717, 1.165) is 21.5 Å². The average molecular weight is 374 g/mol. The first kappa shape index (κ1) is 15.9. The van der Waals surface area contributed by atoms with E-state index in [4.69, 9.17) is 0 Å². The molecule has 0 spiro atoms. The smallest absolute Gasteiger partial charge is 0.292 e. The number of nitrogens with one attached hydrogen (secondary N) is 1. The Morgan fingerprint density at radius 2 is 1.74 bits per heavy atom. The summed E-state index contributed by atoms with van der Waals surface area (Å²) >= 11 is 3.36. The van der Waals surface area contributed by atoms with Crippen molar-refractivity contribution in [2.75, 3.05) is 11.9 Å². The molecule has 0 radical (unpaired) electrons. The van der Waals surface area contributed by atoms with Crippen molar-refractivity contribution in [3.63, 3.8) is 0 Å². The van der Waals surface area contributed by atoms with Crippen molar-refractivity contribution in [1.29, 1.82) is 0 Å². The highest BCUT2D eigenvalue weighted by Crippen LogP contribution is 2.23. The van der Waals surface area contributed by atoms with Crippen LogP contribution in [0.5, 0.6) is 0 Å². The van der Waals surface area contributed by atoms with Gasteiger partial charge in [-0.25, -0.2) is 4.90 Å². The lowest BCUT2D eigenvalue weighted by Crippen LogP contribution is -3.12. The maximum absolute atomic E-state index is 12.7. The van der Waals surface area contributed by atoms with Crippen LogP contribution < -0.4 is 9.80 Å². The van der Waals surface area contributed by atoms with Crippen LogP contribution in [0.1, 0.15) is 12.0 Å². The van der Waals surface area contributed by atoms with Gasteiger partial charge in [0.05, 0.1) is 19.2 Å². The number of anilines is 1. The topological polar surface area (TPSA) is 41.8 Å². The first-order chi connectivity index (χ1) is 11.1. The molecule has 1 heterocycles. The average Bonchev–Trinajstić information content (AvgIpc) is 2.84. The Hall–Kier alpha value is -1.98. The van der Waals surface area contributed by atoms with Gasteiger partial charge >= 0.3 is 0 Å². The lowest BCUT2D eigenvalue weighted by atomic mass is 10.1. The molecule has 118 valence electrons. The van der Waals surface area contributed by atoms with Crippen molar-refractivity contribution in [2.24, 2.45) is 0 Å². The molecule has 23 heavy (non-hydrogen) atoms. The van der Waals surface area contributed by atoms with Crippen molar-refractivity contribution in [1.82, 2.24) is 0 Å². The van der Waals surface area contributed by atoms with Crippen LogP contribution in [0.15, 0.2) is 59.1 Å². The van der Waals surface area contributed by atoms with Crippen LogP contribution in [0.2, 0.25) is 0 Å². The number of carbonyl (C=O) groups excluding carboxylic acids is 2. The molecule has 3 rings (SSSR count). The lowest BCUT2D eigenvalue weighted by molar-refractivity contribution is -0.908. The fourth-order valence-electron chi connectivity index (χ4n) is 2.92. The van der Waals surface area contributed by atoms with Gasteiger partial charge in [0.15, 0.2) is 6.04 Å². The van der Waals surface area contributed by atoms with E-state index in [1.54, 1.807) is 12.1 Å². The molecule has 1 aliphatic heterocycles. The zero-order valence-electron chi connectivity index (χ0n) is 12.8. The number of carbonyl (C=O) groups is 2. The van der Waals surface area contributed by atoms with Gasteiger partial charge in [-0.15, -0.1) is 0 Å². The highest BCUT2D eigenvalue weighted by atomic mass is 79.9. The third-order valence-corrected chi connectivity index (χ3v) is 4.68. The molecular formula is C18H18BrN2O2+. The van der Waals surface area contributed by atoms with E-state index in [2.05, 4.69) is 15.9 Å². The summed E-state index contributed by atoms with van der Waals surface area (Å²) in [6.45, 7) is 0.721. The van der Waals surface area contributed by atoms with Crippen molar-refractivity contribution in [3.8, 4) is 0 Å². The van der Waals surface area contributed by atoms with Crippen LogP contribution in [-0.4, -0.2) is 24.9 Å². The summed E-state index contributed by atoms with van der Waals surface area (Å²) in [7, 11) is 1.97. The van der Waals surface area contributed by atoms with Gasteiger partial charge < -0.3 is 4.90 Å². The fraction of sp³-hybridized carbons (Fsp3) is 0.222. The Labute approximate surface area is 143 Å². The van der Waals surface area contributed by atoms with Crippen LogP contribution in [0, 0.1) is 0 Å². The second-order valence-corrected chi connectivity index (χ2v) is 6.72. The molecule has 5 heteroatoms. The predicted octanol–water partition coefficient (Wildman–Crippen LogP) is 1.80. The monoisotopic (exact) mass is 373 g/mol. The Balaban J connectivity index is 1.76. The normalized spacial score (nSPS) is 19.2. The summed E-state index contributed by atoms with van der Waals surface area (Å²) in [4.78, 5) is 27.4. The molecule has 0 aromatic heterocycles. The number of nitrogens with zero attached hydrogens (tertiary/aromatic N) is 1. The number of amides is 2. The second-order valence-electron chi connectivity index (χ2n) is 5.81. The van der Waals surface area contributed by atoms with E-state index < -0.39 is 0 Å². The molecule has 1 fully saturated rings. The minimum atomic E-state index is -0.327. The van der Waals surface area contributed by atoms with Crippen LogP contribution in [-0.2, 0) is 16.1 Å². The number of hydrogen-bond acceptors (Lipinski definition) is 2. The van der Waals surface area contributed by atoms with Gasteiger partial charge in [-0.05, 0) is 24.3 Å². The first-order valence-electron chi connectivity index (χ1n) is 7.55. The van der Waals surface area contributed by atoms with E-state index in [0.29, 0.717) is 5.69 Å². The van der Waals surface area contributed by atoms with Crippen molar-refractivity contribution in [2.45, 2.75) is 19.0 Å². The van der Waals surface area contributed by atoms with Gasteiger partial charge in [-0.2, -0.15) is 0 Å². The minimum Gasteiger partial charge on any atom is -0.323 e. The number of imide groups is 1. The maximum atomic E-state index is 12.7. The molecule has 2 aromatic carbocycles. The van der Waals surface area contributed by atoms with Crippen molar-refractivity contribution < 1.29 is 14.5 Å². The number of quaternary nitrogens is 1. The van der Waals surface area contributed by atoms with E-state index in [1.807, 2.05) is 49.5 Å². The van der Waals surface area contributed by atoms with E-state index in [-0.39, 0.29) is 24.3 Å². The number of halogens is 1. The highest BCUT2D eigenvalue weighted by Gasteiger charge is 2.44. The van der Waals surface area contributed by atoms with Crippen LogP contribution in [0.25, 0.3) is 0 Å².